The molecule has 25 heavy (non-hydrogen) atoms. The first-order valence-electron chi connectivity index (χ1n) is 8.60. The third-order valence-electron chi connectivity index (χ3n) is 4.65. The van der Waals surface area contributed by atoms with Crippen LogP contribution in [-0.4, -0.2) is 41.5 Å². The predicted molar refractivity (Wildman–Crippen MR) is 93.1 cm³/mol. The molecule has 132 valence electrons. The molecule has 0 unspecified atom stereocenters. The highest BCUT2D eigenvalue weighted by atomic mass is 16.5. The molecule has 2 amide bonds. The topological polar surface area (TPSA) is 75.4 Å². The molecule has 2 aromatic rings. The van der Waals surface area contributed by atoms with Gasteiger partial charge in [-0.25, -0.2) is 0 Å². The zero-order valence-corrected chi connectivity index (χ0v) is 14.6. The fourth-order valence-electron chi connectivity index (χ4n) is 3.22. The molecule has 1 atom stereocenters. The van der Waals surface area contributed by atoms with E-state index in [0.717, 1.165) is 6.42 Å². The Kier molecular flexibility index (Phi) is 5.16. The first-order chi connectivity index (χ1) is 12.1. The van der Waals surface area contributed by atoms with Crippen LogP contribution < -0.4 is 5.32 Å². The average molecular weight is 341 g/mol. The second-order valence-corrected chi connectivity index (χ2v) is 6.46. The molecule has 1 aromatic heterocycles. The summed E-state index contributed by atoms with van der Waals surface area (Å²) in [4.78, 5) is 26.7. The largest absolute Gasteiger partial charge is 0.361 e. The highest BCUT2D eigenvalue weighted by molar-refractivity contribution is 5.96. The normalized spacial score (nSPS) is 16.9. The fourth-order valence-corrected chi connectivity index (χ4v) is 3.22. The molecular formula is C19H23N3O3. The molecule has 0 saturated carbocycles. The summed E-state index contributed by atoms with van der Waals surface area (Å²) in [5.41, 5.74) is 2.31. The third kappa shape index (κ3) is 3.90. The Balaban J connectivity index is 1.50. The van der Waals surface area contributed by atoms with E-state index < -0.39 is 0 Å². The molecule has 1 N–H and O–H groups in total. The molecule has 1 fully saturated rings. The van der Waals surface area contributed by atoms with Crippen LogP contribution in [-0.2, 0) is 11.2 Å². The molecule has 1 aliphatic heterocycles. The van der Waals surface area contributed by atoms with Gasteiger partial charge in [0.2, 0.25) is 5.91 Å². The van der Waals surface area contributed by atoms with Gasteiger partial charge in [-0.1, -0.05) is 35.5 Å². The van der Waals surface area contributed by atoms with E-state index in [1.807, 2.05) is 30.3 Å². The molecule has 3 rings (SSSR count). The van der Waals surface area contributed by atoms with Crippen molar-refractivity contribution in [2.75, 3.05) is 19.6 Å². The number of benzene rings is 1. The number of carbonyl (C=O) groups excluding carboxylic acids is 2. The van der Waals surface area contributed by atoms with Crippen molar-refractivity contribution in [1.29, 1.82) is 0 Å². The maximum atomic E-state index is 12.6. The van der Waals surface area contributed by atoms with Gasteiger partial charge >= 0.3 is 0 Å². The van der Waals surface area contributed by atoms with Crippen molar-refractivity contribution in [3.8, 4) is 0 Å². The molecule has 1 saturated heterocycles. The molecule has 1 aliphatic rings. The second kappa shape index (κ2) is 7.51. The number of amides is 2. The number of rotatable bonds is 5. The first-order valence-corrected chi connectivity index (χ1v) is 8.60. The van der Waals surface area contributed by atoms with Crippen molar-refractivity contribution in [2.45, 2.75) is 26.7 Å². The number of likely N-dealkylation sites (tertiary alicyclic amines) is 1. The average Bonchev–Trinajstić information content (AvgIpc) is 3.23. The number of hydrogen-bond donors (Lipinski definition) is 1. The summed E-state index contributed by atoms with van der Waals surface area (Å²) in [7, 11) is 0. The Labute approximate surface area is 147 Å². The molecule has 2 heterocycles. The fraction of sp³-hybridized carbons (Fsp3) is 0.421. The lowest BCUT2D eigenvalue weighted by molar-refractivity contribution is -0.124. The number of nitrogens with zero attached hydrogens (tertiary/aromatic N) is 2. The van der Waals surface area contributed by atoms with Crippen LogP contribution in [0.4, 0.5) is 0 Å². The van der Waals surface area contributed by atoms with Crippen LogP contribution in [0, 0.1) is 19.8 Å². The van der Waals surface area contributed by atoms with E-state index in [-0.39, 0.29) is 17.7 Å². The van der Waals surface area contributed by atoms with Crippen molar-refractivity contribution in [3.05, 3.63) is 52.9 Å². The van der Waals surface area contributed by atoms with Crippen molar-refractivity contribution in [1.82, 2.24) is 15.4 Å². The molecule has 0 spiro atoms. The van der Waals surface area contributed by atoms with Crippen molar-refractivity contribution in [2.24, 2.45) is 5.92 Å². The SMILES string of the molecule is Cc1noc(C)c1C(=O)N1CC[C@@H](C(=O)NCCc2ccccc2)C1. The van der Waals surface area contributed by atoms with Crippen LogP contribution in [0.5, 0.6) is 0 Å². The lowest BCUT2D eigenvalue weighted by Gasteiger charge is -2.16. The van der Waals surface area contributed by atoms with E-state index in [9.17, 15) is 9.59 Å². The maximum Gasteiger partial charge on any atom is 0.259 e. The van der Waals surface area contributed by atoms with Gasteiger partial charge in [0.1, 0.15) is 11.3 Å². The number of hydrogen-bond acceptors (Lipinski definition) is 4. The molecule has 0 radical (unpaired) electrons. The Bertz CT molecular complexity index is 735. The van der Waals surface area contributed by atoms with Crippen LogP contribution in [0.2, 0.25) is 0 Å². The van der Waals surface area contributed by atoms with Gasteiger partial charge in [0.05, 0.1) is 11.6 Å². The summed E-state index contributed by atoms with van der Waals surface area (Å²) in [6.07, 6.45) is 1.49. The van der Waals surface area contributed by atoms with E-state index >= 15 is 0 Å². The minimum atomic E-state index is -0.153. The number of carbonyl (C=O) groups is 2. The van der Waals surface area contributed by atoms with Crippen molar-refractivity contribution in [3.63, 3.8) is 0 Å². The predicted octanol–water partition coefficient (Wildman–Crippen LogP) is 2.11. The van der Waals surface area contributed by atoms with E-state index in [1.54, 1.807) is 18.7 Å². The standard InChI is InChI=1S/C19H23N3O3/c1-13-17(14(2)25-21-13)19(24)22-11-9-16(12-22)18(23)20-10-8-15-6-4-3-5-7-15/h3-7,16H,8-12H2,1-2H3,(H,20,23)/t16-/m1/s1. The Morgan fingerprint density at radius 1 is 1.28 bits per heavy atom. The quantitative estimate of drug-likeness (QED) is 0.904. The number of nitrogens with one attached hydrogen (secondary N) is 1. The molecule has 6 heteroatoms. The third-order valence-corrected chi connectivity index (χ3v) is 4.65. The smallest absolute Gasteiger partial charge is 0.259 e. The number of aryl methyl sites for hydroxylation is 2. The van der Waals surface area contributed by atoms with Gasteiger partial charge in [-0.05, 0) is 32.3 Å². The lowest BCUT2D eigenvalue weighted by atomic mass is 10.1. The van der Waals surface area contributed by atoms with Gasteiger partial charge in [-0.15, -0.1) is 0 Å². The monoisotopic (exact) mass is 341 g/mol. The molecule has 6 nitrogen and oxygen atoms in total. The molecule has 0 aliphatic carbocycles. The maximum absolute atomic E-state index is 12.6. The van der Waals surface area contributed by atoms with Gasteiger partial charge in [0.15, 0.2) is 0 Å². The van der Waals surface area contributed by atoms with E-state index in [0.29, 0.717) is 43.1 Å². The zero-order chi connectivity index (χ0) is 17.8. The van der Waals surface area contributed by atoms with Crippen LogP contribution in [0.15, 0.2) is 34.9 Å². The van der Waals surface area contributed by atoms with Crippen LogP contribution in [0.3, 0.4) is 0 Å². The second-order valence-electron chi connectivity index (χ2n) is 6.46. The summed E-state index contributed by atoms with van der Waals surface area (Å²) >= 11 is 0. The molecule has 0 bridgehead atoms. The van der Waals surface area contributed by atoms with Gasteiger partial charge in [-0.2, -0.15) is 0 Å². The summed E-state index contributed by atoms with van der Waals surface area (Å²) in [6.45, 7) is 5.13. The minimum Gasteiger partial charge on any atom is -0.361 e. The van der Waals surface area contributed by atoms with Crippen LogP contribution in [0.1, 0.15) is 33.8 Å². The van der Waals surface area contributed by atoms with Gasteiger partial charge in [0.25, 0.3) is 5.91 Å². The van der Waals surface area contributed by atoms with Crippen molar-refractivity contribution >= 4 is 11.8 Å². The van der Waals surface area contributed by atoms with Crippen LogP contribution >= 0.6 is 0 Å². The number of aromatic nitrogens is 1. The summed E-state index contributed by atoms with van der Waals surface area (Å²) < 4.78 is 5.07. The van der Waals surface area contributed by atoms with E-state index in [1.165, 1.54) is 5.56 Å². The Morgan fingerprint density at radius 2 is 2.04 bits per heavy atom. The van der Waals surface area contributed by atoms with Crippen molar-refractivity contribution < 1.29 is 14.1 Å². The van der Waals surface area contributed by atoms with E-state index in [2.05, 4.69) is 10.5 Å². The summed E-state index contributed by atoms with van der Waals surface area (Å²) in [5, 5.41) is 6.81. The van der Waals surface area contributed by atoms with Gasteiger partial charge in [-0.3, -0.25) is 9.59 Å². The Morgan fingerprint density at radius 3 is 2.72 bits per heavy atom. The molecular weight excluding hydrogens is 318 g/mol. The lowest BCUT2D eigenvalue weighted by Crippen LogP contribution is -2.35. The highest BCUT2D eigenvalue weighted by Gasteiger charge is 2.33. The zero-order valence-electron chi connectivity index (χ0n) is 14.6. The summed E-state index contributed by atoms with van der Waals surface area (Å²) in [5.74, 6) is 0.291. The van der Waals surface area contributed by atoms with Gasteiger partial charge in [0, 0.05) is 19.6 Å². The van der Waals surface area contributed by atoms with E-state index in [4.69, 9.17) is 4.52 Å². The first kappa shape index (κ1) is 17.2. The Hall–Kier alpha value is -2.63. The highest BCUT2D eigenvalue weighted by Crippen LogP contribution is 2.22. The molecule has 1 aromatic carbocycles. The van der Waals surface area contributed by atoms with Crippen LogP contribution in [0.25, 0.3) is 0 Å². The van der Waals surface area contributed by atoms with Gasteiger partial charge < -0.3 is 14.7 Å². The minimum absolute atomic E-state index is 0.0185. The summed E-state index contributed by atoms with van der Waals surface area (Å²) in [6, 6.07) is 10.1.